The number of methoxy groups -OCH3 is 1. The lowest BCUT2D eigenvalue weighted by Crippen LogP contribution is -2.36. The van der Waals surface area contributed by atoms with Gasteiger partial charge in [-0.15, -0.1) is 0 Å². The number of aryl methyl sites for hydroxylation is 1. The summed E-state index contributed by atoms with van der Waals surface area (Å²) in [6.07, 6.45) is 1.37. The highest BCUT2D eigenvalue weighted by Gasteiger charge is 2.08. The van der Waals surface area contributed by atoms with Crippen LogP contribution in [0.4, 0.5) is 0 Å². The molecule has 0 unspecified atom stereocenters. The number of hydrogen-bond acceptors (Lipinski definition) is 5. The molecule has 5 nitrogen and oxygen atoms in total. The fraction of sp³-hybridized carbons (Fsp3) is 0.400. The van der Waals surface area contributed by atoms with Gasteiger partial charge in [-0.2, -0.15) is 0 Å². The van der Waals surface area contributed by atoms with Gasteiger partial charge < -0.3 is 25.0 Å². The zero-order valence-electron chi connectivity index (χ0n) is 14.8. The van der Waals surface area contributed by atoms with Crippen LogP contribution in [0.25, 0.3) is 0 Å². The monoisotopic (exact) mass is 345 g/mol. The Morgan fingerprint density at radius 1 is 1.00 bits per heavy atom. The minimum Gasteiger partial charge on any atom is -0.508 e. The first-order valence-corrected chi connectivity index (χ1v) is 8.53. The summed E-state index contributed by atoms with van der Waals surface area (Å²) in [6.45, 7) is 2.79. The van der Waals surface area contributed by atoms with Crippen LogP contribution in [0.1, 0.15) is 18.9 Å². The fourth-order valence-electron chi connectivity index (χ4n) is 2.41. The van der Waals surface area contributed by atoms with Crippen LogP contribution < -0.4 is 14.8 Å². The van der Waals surface area contributed by atoms with E-state index >= 15 is 0 Å². The van der Waals surface area contributed by atoms with Gasteiger partial charge in [-0.05, 0) is 61.7 Å². The number of phenols is 1. The van der Waals surface area contributed by atoms with Gasteiger partial charge in [-0.3, -0.25) is 0 Å². The van der Waals surface area contributed by atoms with Crippen LogP contribution in [0.2, 0.25) is 0 Å². The summed E-state index contributed by atoms with van der Waals surface area (Å²) < 4.78 is 10.6. The molecule has 0 fully saturated rings. The van der Waals surface area contributed by atoms with Gasteiger partial charge >= 0.3 is 0 Å². The van der Waals surface area contributed by atoms with E-state index in [1.165, 1.54) is 5.56 Å². The Morgan fingerprint density at radius 2 is 1.64 bits per heavy atom. The Hall–Kier alpha value is -2.24. The first kappa shape index (κ1) is 19.1. The fourth-order valence-corrected chi connectivity index (χ4v) is 2.41. The normalized spacial score (nSPS) is 13.2. The second kappa shape index (κ2) is 9.91. The smallest absolute Gasteiger partial charge is 0.119 e. The average molecular weight is 345 g/mol. The van der Waals surface area contributed by atoms with Gasteiger partial charge in [0.25, 0.3) is 0 Å². The maximum absolute atomic E-state index is 10.0. The van der Waals surface area contributed by atoms with Crippen molar-refractivity contribution in [2.45, 2.75) is 31.9 Å². The first-order valence-electron chi connectivity index (χ1n) is 8.53. The van der Waals surface area contributed by atoms with Crippen LogP contribution in [0.3, 0.4) is 0 Å². The van der Waals surface area contributed by atoms with Crippen LogP contribution >= 0.6 is 0 Å². The standard InChI is InChI=1S/C20H27NO4/c1-15(3-4-16-5-9-19(24-2)10-6-16)21-13-18(23)14-25-20-11-7-17(22)8-12-20/h5-12,15,18,21-23H,3-4,13-14H2,1-2H3/t15-,18-/m1/s1. The molecule has 0 radical (unpaired) electrons. The molecule has 0 aromatic heterocycles. The molecule has 136 valence electrons. The Labute approximate surface area is 149 Å². The molecule has 5 heteroatoms. The molecule has 2 atom stereocenters. The number of phenolic OH excluding ortho intramolecular Hbond substituents is 1. The third-order valence-electron chi connectivity index (χ3n) is 4.01. The first-order chi connectivity index (χ1) is 12.1. The molecular formula is C20H27NO4. The van der Waals surface area contributed by atoms with E-state index in [2.05, 4.69) is 24.4 Å². The second-order valence-corrected chi connectivity index (χ2v) is 6.15. The van der Waals surface area contributed by atoms with E-state index in [0.717, 1.165) is 18.6 Å². The highest BCUT2D eigenvalue weighted by molar-refractivity contribution is 5.30. The number of aliphatic hydroxyl groups excluding tert-OH is 1. The quantitative estimate of drug-likeness (QED) is 0.618. The minimum absolute atomic E-state index is 0.195. The molecule has 2 aromatic carbocycles. The van der Waals surface area contributed by atoms with Gasteiger partial charge in [0.2, 0.25) is 0 Å². The summed E-state index contributed by atoms with van der Waals surface area (Å²) >= 11 is 0. The maximum atomic E-state index is 10.0. The molecule has 0 amide bonds. The summed E-state index contributed by atoms with van der Waals surface area (Å²) in [5.74, 6) is 1.69. The summed E-state index contributed by atoms with van der Waals surface area (Å²) in [6, 6.07) is 14.8. The van der Waals surface area contributed by atoms with Crippen LogP contribution in [0, 0.1) is 0 Å². The largest absolute Gasteiger partial charge is 0.508 e. The topological polar surface area (TPSA) is 71.0 Å². The Bertz CT molecular complexity index is 613. The average Bonchev–Trinajstić information content (AvgIpc) is 2.64. The van der Waals surface area contributed by atoms with E-state index in [-0.39, 0.29) is 12.4 Å². The Kier molecular flexibility index (Phi) is 7.57. The number of rotatable bonds is 10. The van der Waals surface area contributed by atoms with E-state index in [0.29, 0.717) is 18.3 Å². The van der Waals surface area contributed by atoms with Crippen LogP contribution in [0.15, 0.2) is 48.5 Å². The Balaban J connectivity index is 1.63. The number of aliphatic hydroxyl groups is 1. The second-order valence-electron chi connectivity index (χ2n) is 6.15. The third kappa shape index (κ3) is 7.03. The molecule has 0 aliphatic heterocycles. The lowest BCUT2D eigenvalue weighted by Gasteiger charge is -2.18. The van der Waals surface area contributed by atoms with Crippen molar-refractivity contribution in [1.82, 2.24) is 5.32 Å². The molecule has 0 heterocycles. The van der Waals surface area contributed by atoms with E-state index in [4.69, 9.17) is 9.47 Å². The van der Waals surface area contributed by atoms with Crippen molar-refractivity contribution in [3.8, 4) is 17.2 Å². The predicted octanol–water partition coefficient (Wildman–Crippen LogP) is 2.75. The van der Waals surface area contributed by atoms with Crippen molar-refractivity contribution in [3.63, 3.8) is 0 Å². The molecule has 25 heavy (non-hydrogen) atoms. The van der Waals surface area contributed by atoms with E-state index in [9.17, 15) is 10.2 Å². The zero-order valence-corrected chi connectivity index (χ0v) is 14.8. The Morgan fingerprint density at radius 3 is 2.28 bits per heavy atom. The summed E-state index contributed by atoms with van der Waals surface area (Å²) in [5, 5.41) is 22.5. The van der Waals surface area contributed by atoms with Crippen LogP contribution in [-0.4, -0.2) is 42.6 Å². The van der Waals surface area contributed by atoms with Gasteiger partial charge in [-0.1, -0.05) is 12.1 Å². The van der Waals surface area contributed by atoms with Crippen molar-refractivity contribution in [3.05, 3.63) is 54.1 Å². The molecule has 3 N–H and O–H groups in total. The number of hydrogen-bond donors (Lipinski definition) is 3. The van der Waals surface area contributed by atoms with Crippen molar-refractivity contribution in [2.24, 2.45) is 0 Å². The van der Waals surface area contributed by atoms with Crippen LogP contribution in [-0.2, 0) is 6.42 Å². The zero-order chi connectivity index (χ0) is 18.1. The summed E-state index contributed by atoms with van der Waals surface area (Å²) in [5.41, 5.74) is 1.27. The van der Waals surface area contributed by atoms with Crippen molar-refractivity contribution in [2.75, 3.05) is 20.3 Å². The number of aromatic hydroxyl groups is 1. The predicted molar refractivity (Wildman–Crippen MR) is 98.4 cm³/mol. The van der Waals surface area contributed by atoms with Gasteiger partial charge in [0.05, 0.1) is 7.11 Å². The molecule has 2 aromatic rings. The summed E-state index contributed by atoms with van der Waals surface area (Å²) in [7, 11) is 1.66. The van der Waals surface area contributed by atoms with E-state index < -0.39 is 6.10 Å². The molecule has 0 bridgehead atoms. The SMILES string of the molecule is COc1ccc(CC[C@@H](C)NC[C@@H](O)COc2ccc(O)cc2)cc1. The van der Waals surface area contributed by atoms with Gasteiger partial charge in [0.15, 0.2) is 0 Å². The molecule has 0 saturated heterocycles. The van der Waals surface area contributed by atoms with Crippen molar-refractivity contribution < 1.29 is 19.7 Å². The number of ether oxygens (including phenoxy) is 2. The van der Waals surface area contributed by atoms with Crippen molar-refractivity contribution in [1.29, 1.82) is 0 Å². The maximum Gasteiger partial charge on any atom is 0.119 e. The molecular weight excluding hydrogens is 318 g/mol. The molecule has 0 aliphatic rings. The molecule has 0 saturated carbocycles. The third-order valence-corrected chi connectivity index (χ3v) is 4.01. The molecule has 0 spiro atoms. The van der Waals surface area contributed by atoms with Gasteiger partial charge in [0.1, 0.15) is 30.0 Å². The molecule has 2 rings (SSSR count). The van der Waals surface area contributed by atoms with Gasteiger partial charge in [-0.25, -0.2) is 0 Å². The lowest BCUT2D eigenvalue weighted by molar-refractivity contribution is 0.104. The van der Waals surface area contributed by atoms with Gasteiger partial charge in [0, 0.05) is 12.6 Å². The van der Waals surface area contributed by atoms with Crippen LogP contribution in [0.5, 0.6) is 17.2 Å². The van der Waals surface area contributed by atoms with E-state index in [1.807, 2.05) is 12.1 Å². The molecule has 0 aliphatic carbocycles. The minimum atomic E-state index is -0.586. The number of benzene rings is 2. The number of nitrogens with one attached hydrogen (secondary N) is 1. The van der Waals surface area contributed by atoms with Crippen molar-refractivity contribution >= 4 is 0 Å². The van der Waals surface area contributed by atoms with E-state index in [1.54, 1.807) is 31.4 Å². The summed E-state index contributed by atoms with van der Waals surface area (Å²) in [4.78, 5) is 0. The highest BCUT2D eigenvalue weighted by atomic mass is 16.5. The highest BCUT2D eigenvalue weighted by Crippen LogP contribution is 2.16. The lowest BCUT2D eigenvalue weighted by atomic mass is 10.1.